The number of halogens is 2. The minimum absolute atomic E-state index is 0.113. The maximum Gasteiger partial charge on any atom is 0.243 e. The van der Waals surface area contributed by atoms with Crippen LogP contribution in [0.15, 0.2) is 50.4 Å². The van der Waals surface area contributed by atoms with Crippen molar-refractivity contribution in [3.8, 4) is 5.88 Å². The number of methoxy groups -OCH3 is 1. The number of aromatic nitrogens is 1. The smallest absolute Gasteiger partial charge is 0.243 e. The monoisotopic (exact) mass is 544 g/mol. The third-order valence-electron chi connectivity index (χ3n) is 5.07. The molecule has 9 heteroatoms. The van der Waals surface area contributed by atoms with E-state index in [1.807, 2.05) is 12.1 Å². The SMILES string of the molecule is COc1ncccc1CCC(=O)C1CCN(S(=O)(=O)c2cc(Br)cc(Br)c2)CC1. The van der Waals surface area contributed by atoms with E-state index in [2.05, 4.69) is 36.8 Å². The Balaban J connectivity index is 1.59. The maximum absolute atomic E-state index is 12.9. The Morgan fingerprint density at radius 1 is 1.21 bits per heavy atom. The number of carbonyl (C=O) groups excluding carboxylic acids is 1. The van der Waals surface area contributed by atoms with Crippen molar-refractivity contribution in [2.24, 2.45) is 5.92 Å². The predicted molar refractivity (Wildman–Crippen MR) is 117 cm³/mol. The summed E-state index contributed by atoms with van der Waals surface area (Å²) in [6.07, 6.45) is 3.71. The number of pyridine rings is 1. The Bertz CT molecular complexity index is 969. The summed E-state index contributed by atoms with van der Waals surface area (Å²) in [5.74, 6) is 0.595. The molecule has 0 saturated carbocycles. The fourth-order valence-electron chi connectivity index (χ4n) is 3.50. The van der Waals surface area contributed by atoms with Crippen LogP contribution in [0.2, 0.25) is 0 Å². The Morgan fingerprint density at radius 2 is 1.86 bits per heavy atom. The van der Waals surface area contributed by atoms with Gasteiger partial charge in [0.05, 0.1) is 12.0 Å². The van der Waals surface area contributed by atoms with Crippen LogP contribution in [-0.4, -0.2) is 43.7 Å². The molecule has 2 heterocycles. The molecular formula is C20H22Br2N2O4S. The van der Waals surface area contributed by atoms with Gasteiger partial charge in [-0.15, -0.1) is 0 Å². The van der Waals surface area contributed by atoms with Gasteiger partial charge in [0.1, 0.15) is 5.78 Å². The molecule has 0 atom stereocenters. The summed E-state index contributed by atoms with van der Waals surface area (Å²) in [6, 6.07) is 8.72. The van der Waals surface area contributed by atoms with E-state index in [0.29, 0.717) is 53.6 Å². The highest BCUT2D eigenvalue weighted by molar-refractivity contribution is 9.11. The molecule has 3 rings (SSSR count). The number of Topliss-reactive ketones (excluding diaryl/α,β-unsaturated/α-hetero) is 1. The van der Waals surface area contributed by atoms with Crippen molar-refractivity contribution in [2.75, 3.05) is 20.2 Å². The Hall–Kier alpha value is -1.29. The predicted octanol–water partition coefficient (Wildman–Crippen LogP) is 4.22. The molecule has 29 heavy (non-hydrogen) atoms. The largest absolute Gasteiger partial charge is 0.481 e. The molecule has 0 N–H and O–H groups in total. The number of sulfonamides is 1. The molecule has 0 spiro atoms. The number of hydrogen-bond donors (Lipinski definition) is 0. The summed E-state index contributed by atoms with van der Waals surface area (Å²) >= 11 is 6.67. The number of nitrogens with zero attached hydrogens (tertiary/aromatic N) is 2. The number of ketones is 1. The van der Waals surface area contributed by atoms with E-state index in [-0.39, 0.29) is 16.6 Å². The van der Waals surface area contributed by atoms with E-state index in [9.17, 15) is 13.2 Å². The van der Waals surface area contributed by atoms with Gasteiger partial charge in [-0.3, -0.25) is 4.79 Å². The van der Waals surface area contributed by atoms with E-state index in [0.717, 1.165) is 5.56 Å². The summed E-state index contributed by atoms with van der Waals surface area (Å²) in [7, 11) is -2.02. The van der Waals surface area contributed by atoms with Gasteiger partial charge < -0.3 is 4.74 Å². The van der Waals surface area contributed by atoms with Crippen molar-refractivity contribution < 1.29 is 17.9 Å². The minimum Gasteiger partial charge on any atom is -0.481 e. The first-order valence-corrected chi connectivity index (χ1v) is 12.3. The first kappa shape index (κ1) is 22.4. The van der Waals surface area contributed by atoms with Gasteiger partial charge in [0.25, 0.3) is 0 Å². The Labute approximate surface area is 188 Å². The van der Waals surface area contributed by atoms with Gasteiger partial charge in [-0.05, 0) is 43.5 Å². The second-order valence-electron chi connectivity index (χ2n) is 6.92. The van der Waals surface area contributed by atoms with E-state index < -0.39 is 10.0 Å². The molecule has 1 aromatic heterocycles. The highest BCUT2D eigenvalue weighted by Gasteiger charge is 2.32. The van der Waals surface area contributed by atoms with E-state index in [1.54, 1.807) is 31.5 Å². The van der Waals surface area contributed by atoms with Gasteiger partial charge in [0.15, 0.2) is 0 Å². The van der Waals surface area contributed by atoms with Crippen LogP contribution in [0.1, 0.15) is 24.8 Å². The zero-order valence-corrected chi connectivity index (χ0v) is 20.0. The molecule has 2 aromatic rings. The number of hydrogen-bond acceptors (Lipinski definition) is 5. The first-order valence-electron chi connectivity index (χ1n) is 9.28. The van der Waals surface area contributed by atoms with Crippen molar-refractivity contribution >= 4 is 47.7 Å². The normalized spacial score (nSPS) is 16.0. The average Bonchev–Trinajstić information content (AvgIpc) is 2.71. The molecular weight excluding hydrogens is 524 g/mol. The Morgan fingerprint density at radius 3 is 2.48 bits per heavy atom. The molecule has 0 bridgehead atoms. The lowest BCUT2D eigenvalue weighted by atomic mass is 9.90. The van der Waals surface area contributed by atoms with Crippen molar-refractivity contribution in [3.05, 3.63) is 51.0 Å². The quantitative estimate of drug-likeness (QED) is 0.520. The molecule has 1 saturated heterocycles. The van der Waals surface area contributed by atoms with E-state index in [1.165, 1.54) is 4.31 Å². The Kier molecular flexibility index (Phi) is 7.47. The zero-order valence-electron chi connectivity index (χ0n) is 16.0. The van der Waals surface area contributed by atoms with Gasteiger partial charge in [-0.1, -0.05) is 37.9 Å². The van der Waals surface area contributed by atoms with Crippen molar-refractivity contribution in [2.45, 2.75) is 30.6 Å². The second-order valence-corrected chi connectivity index (χ2v) is 10.7. The third kappa shape index (κ3) is 5.45. The molecule has 1 aromatic carbocycles. The minimum atomic E-state index is -3.58. The molecule has 1 aliphatic heterocycles. The van der Waals surface area contributed by atoms with Crippen molar-refractivity contribution in [1.29, 1.82) is 0 Å². The van der Waals surface area contributed by atoms with Crippen LogP contribution in [0.3, 0.4) is 0 Å². The van der Waals surface area contributed by atoms with E-state index in [4.69, 9.17) is 4.74 Å². The lowest BCUT2D eigenvalue weighted by Gasteiger charge is -2.30. The van der Waals surface area contributed by atoms with Crippen LogP contribution in [0, 0.1) is 5.92 Å². The number of ether oxygens (including phenoxy) is 1. The van der Waals surface area contributed by atoms with Gasteiger partial charge in [0.2, 0.25) is 15.9 Å². The van der Waals surface area contributed by atoms with E-state index >= 15 is 0 Å². The van der Waals surface area contributed by atoms with Gasteiger partial charge in [-0.2, -0.15) is 4.31 Å². The fraction of sp³-hybridized carbons (Fsp3) is 0.400. The third-order valence-corrected chi connectivity index (χ3v) is 7.86. The maximum atomic E-state index is 12.9. The summed E-state index contributed by atoms with van der Waals surface area (Å²) in [5.41, 5.74) is 0.906. The zero-order chi connectivity index (χ0) is 21.0. The molecule has 0 unspecified atom stereocenters. The lowest BCUT2D eigenvalue weighted by molar-refractivity contribution is -0.123. The molecule has 156 valence electrons. The van der Waals surface area contributed by atoms with Crippen LogP contribution in [0.25, 0.3) is 0 Å². The number of benzene rings is 1. The van der Waals surface area contributed by atoms with Crippen molar-refractivity contribution in [3.63, 3.8) is 0 Å². The number of aryl methyl sites for hydroxylation is 1. The van der Waals surface area contributed by atoms with Gasteiger partial charge in [0, 0.05) is 46.1 Å². The van der Waals surface area contributed by atoms with Crippen LogP contribution in [0.4, 0.5) is 0 Å². The van der Waals surface area contributed by atoms with Crippen LogP contribution in [0.5, 0.6) is 5.88 Å². The highest BCUT2D eigenvalue weighted by Crippen LogP contribution is 2.29. The molecule has 0 amide bonds. The number of carbonyl (C=O) groups is 1. The molecule has 1 aliphatic rings. The summed E-state index contributed by atoms with van der Waals surface area (Å²) in [5, 5.41) is 0. The highest BCUT2D eigenvalue weighted by atomic mass is 79.9. The second kappa shape index (κ2) is 9.68. The van der Waals surface area contributed by atoms with Crippen molar-refractivity contribution in [1.82, 2.24) is 9.29 Å². The standard InChI is InChI=1S/C20H22Br2N2O4S/c1-28-20-15(3-2-8-23-20)4-5-19(25)14-6-9-24(10-7-14)29(26,27)18-12-16(21)11-17(22)13-18/h2-3,8,11-14H,4-7,9-10H2,1H3. The summed E-state index contributed by atoms with van der Waals surface area (Å²) in [4.78, 5) is 17.0. The first-order chi connectivity index (χ1) is 13.8. The average molecular weight is 546 g/mol. The number of piperidine rings is 1. The number of rotatable bonds is 7. The molecule has 0 radical (unpaired) electrons. The summed E-state index contributed by atoms with van der Waals surface area (Å²) < 4.78 is 33.9. The van der Waals surface area contributed by atoms with Gasteiger partial charge in [-0.25, -0.2) is 13.4 Å². The summed E-state index contributed by atoms with van der Waals surface area (Å²) in [6.45, 7) is 0.693. The molecule has 1 fully saturated rings. The lowest BCUT2D eigenvalue weighted by Crippen LogP contribution is -2.40. The fourth-order valence-corrected chi connectivity index (χ4v) is 6.64. The molecule has 6 nitrogen and oxygen atoms in total. The van der Waals surface area contributed by atoms with Crippen LogP contribution < -0.4 is 4.74 Å². The van der Waals surface area contributed by atoms with Gasteiger partial charge >= 0.3 is 0 Å². The van der Waals surface area contributed by atoms with Crippen LogP contribution in [-0.2, 0) is 21.2 Å². The molecule has 0 aliphatic carbocycles. The van der Waals surface area contributed by atoms with Crippen LogP contribution >= 0.6 is 31.9 Å². The topological polar surface area (TPSA) is 76.6 Å².